The van der Waals surface area contributed by atoms with Gasteiger partial charge in [-0.3, -0.25) is 14.4 Å². The summed E-state index contributed by atoms with van der Waals surface area (Å²) in [4.78, 5) is 58.2. The Hall–Kier alpha value is -5.46. The molecule has 1 heterocycles. The molecule has 0 bridgehead atoms. The number of benzene rings is 5. The summed E-state index contributed by atoms with van der Waals surface area (Å²) in [5.41, 5.74) is 24.4. The van der Waals surface area contributed by atoms with E-state index in [1.54, 1.807) is 11.8 Å². The molecule has 1 fully saturated rings. The van der Waals surface area contributed by atoms with E-state index in [0.29, 0.717) is 28.0 Å². The number of thiol groups is 1. The zero-order valence-corrected chi connectivity index (χ0v) is 61.9. The fraction of sp³-hybridized carbons (Fsp3) is 0.410. The van der Waals surface area contributed by atoms with Gasteiger partial charge >= 0.3 is 34.9 Å². The molecule has 518 valence electrons. The smallest absolute Gasteiger partial charge is 0.422 e. The number of carbonyl (C=O) groups excluding carboxylic acids is 4. The van der Waals surface area contributed by atoms with E-state index in [1.165, 1.54) is 123 Å². The standard InChI is InChI=1S/C13H11ClN4O7S.C8H8ClN3O3S.C7H6ClO2S.C7H7ClS.C6H5ClS.C6H11N3O.2C5H12.C4H9.Li/c14-8-1-3-9(4-2-8)26(22,23)7-10(16-17-15)24-13(21)25-18-11(19)5-6-12(18)20;9-6-1-3-7(4-2-6)16(14,15)5-8(13)11-12-10;1-11(9,10)7-4-2-6(8)3-5-7;1-9-7-4-2-6(8)3-5-7;7-5-1-3-6(8)4-2-5;7-9-8-5-3-1-2-4-6-10;2*1-3-5-4-2;1-3-4-2;/h1-4,10H,5-7H2;1-4,8,13H,5H2;2-5H,1H2;2-5H,1H3;1-4,8H;6H,1-5H2;2*3-5H2,1-2H3;1,3-4H2,2H3;/q;;+1;;;;;;-1;+1. The summed E-state index contributed by atoms with van der Waals surface area (Å²) in [6.45, 7) is 15.1. The molecule has 0 aliphatic carbocycles. The molecule has 1 aliphatic heterocycles. The number of nitrogens with zero attached hydrogens (tertiary/aromatic N) is 10. The molecule has 6 rings (SSSR count). The summed E-state index contributed by atoms with van der Waals surface area (Å²) in [5.74, 6) is -3.03. The number of thioether (sulfide) groups is 1. The normalized spacial score (nSPS) is 11.5. The maximum absolute atomic E-state index is 12.3. The van der Waals surface area contributed by atoms with Crippen molar-refractivity contribution in [3.63, 3.8) is 0 Å². The molecule has 2 amide bonds. The number of hydroxylamine groups is 2. The largest absolute Gasteiger partial charge is 1.00 e. The first-order chi connectivity index (χ1) is 44.4. The van der Waals surface area contributed by atoms with Crippen LogP contribution in [-0.2, 0) is 53.5 Å². The van der Waals surface area contributed by atoms with Gasteiger partial charge in [0.2, 0.25) is 0 Å². The quantitative estimate of drug-likeness (QED) is 0.00525. The maximum Gasteiger partial charge on any atom is 1.00 e. The second-order valence-corrected chi connectivity index (χ2v) is 27.9. The van der Waals surface area contributed by atoms with E-state index in [-0.39, 0.29) is 51.5 Å². The average Bonchev–Trinajstić information content (AvgIpc) is 1.22. The summed E-state index contributed by atoms with van der Waals surface area (Å²) < 4.78 is 74.0. The fourth-order valence-corrected chi connectivity index (χ4v) is 10.2. The number of aliphatic hydroxyl groups is 1. The Bertz CT molecular complexity index is 3390. The van der Waals surface area contributed by atoms with Crippen molar-refractivity contribution < 1.29 is 78.0 Å². The van der Waals surface area contributed by atoms with Crippen molar-refractivity contribution in [2.24, 2.45) is 15.3 Å². The number of hydrogen-bond acceptors (Lipinski definition) is 18. The number of carbonyl (C=O) groups is 4. The monoisotopic (exact) mass is 1500 g/mol. The van der Waals surface area contributed by atoms with Gasteiger partial charge in [-0.15, -0.1) is 24.4 Å². The summed E-state index contributed by atoms with van der Waals surface area (Å²) in [5, 5.41) is 21.4. The van der Waals surface area contributed by atoms with Gasteiger partial charge in [0.15, 0.2) is 32.2 Å². The SMILES string of the molecule is CCCCC.CCCCC.CSc1ccc(Cl)cc1.Sc1ccc(Cl)cc1.[CH2+]S(=O)(=O)c1ccc(Cl)cc1.[CH2-]CCC.[Li+].[N-]=[N+]=NC(CS(=O)(=O)c1ccc(Cl)cc1)OC(=O)ON1C(=O)CCC1=O.[N-]=[N+]=NC(O)CS(=O)(=O)c1ccc(Cl)cc1.[N-]=[N+]=NCCCCCC=O. The predicted octanol–water partition coefficient (Wildman–Crippen LogP) is 16.4. The van der Waals surface area contributed by atoms with Crippen LogP contribution >= 0.6 is 82.4 Å². The van der Waals surface area contributed by atoms with E-state index in [9.17, 15) is 44.4 Å². The molecule has 0 aromatic heterocycles. The summed E-state index contributed by atoms with van der Waals surface area (Å²) in [6, 6.07) is 31.6. The minimum atomic E-state index is -4.00. The molecule has 0 spiro atoms. The zero-order chi connectivity index (χ0) is 72.0. The molecule has 23 nitrogen and oxygen atoms in total. The Labute approximate surface area is 606 Å². The van der Waals surface area contributed by atoms with Gasteiger partial charge in [0, 0.05) is 75.4 Å². The van der Waals surface area contributed by atoms with Crippen molar-refractivity contribution >= 4 is 136 Å². The number of hydrogen-bond donors (Lipinski definition) is 2. The molecule has 2 atom stereocenters. The van der Waals surface area contributed by atoms with Crippen LogP contribution in [-0.4, -0.2) is 96.4 Å². The molecule has 1 aliphatic rings. The van der Waals surface area contributed by atoms with Crippen LogP contribution in [0.25, 0.3) is 31.3 Å². The zero-order valence-electron chi connectivity index (χ0n) is 54.0. The van der Waals surface area contributed by atoms with Crippen molar-refractivity contribution in [3.8, 4) is 0 Å². The molecule has 2 unspecified atom stereocenters. The Balaban J connectivity index is -0.000000523. The van der Waals surface area contributed by atoms with Crippen LogP contribution < -0.4 is 18.9 Å². The third-order valence-electron chi connectivity index (χ3n) is 10.8. The van der Waals surface area contributed by atoms with E-state index in [1.807, 2.05) is 54.8 Å². The number of amides is 2. The Kier molecular flexibility index (Phi) is 59.2. The van der Waals surface area contributed by atoms with Crippen molar-refractivity contribution in [3.05, 3.63) is 191 Å². The van der Waals surface area contributed by atoms with Crippen molar-refractivity contribution in [1.82, 2.24) is 5.06 Å². The van der Waals surface area contributed by atoms with Crippen LogP contribution in [0.5, 0.6) is 0 Å². The van der Waals surface area contributed by atoms with Gasteiger partial charge in [-0.1, -0.05) is 159 Å². The molecule has 95 heavy (non-hydrogen) atoms. The number of imide groups is 1. The minimum Gasteiger partial charge on any atom is -0.422 e. The number of ether oxygens (including phenoxy) is 1. The van der Waals surface area contributed by atoms with Gasteiger partial charge in [0.05, 0.1) is 21.3 Å². The first kappa shape index (κ1) is 95.9. The number of azide groups is 3. The fourth-order valence-electron chi connectivity index (χ4n) is 5.96. The first-order valence-corrected chi connectivity index (χ1v) is 37.3. The topological polar surface area (TPSA) is 359 Å². The minimum absolute atomic E-state index is 0. The first-order valence-electron chi connectivity index (χ1n) is 28.7. The van der Waals surface area contributed by atoms with Gasteiger partial charge in [-0.05, 0) is 162 Å². The van der Waals surface area contributed by atoms with Gasteiger partial charge < -0.3 is 21.6 Å². The molecule has 5 aromatic rings. The Morgan fingerprint density at radius 3 is 1.34 bits per heavy atom. The third-order valence-corrected chi connectivity index (χ3v) is 17.5. The van der Waals surface area contributed by atoms with Crippen molar-refractivity contribution in [2.45, 2.75) is 161 Å². The van der Waals surface area contributed by atoms with Gasteiger partial charge in [0.25, 0.3) is 11.8 Å². The molecule has 5 aromatic carbocycles. The van der Waals surface area contributed by atoms with E-state index in [2.05, 4.69) is 100 Å². The van der Waals surface area contributed by atoms with E-state index in [0.717, 1.165) is 46.9 Å². The molecule has 0 saturated carbocycles. The van der Waals surface area contributed by atoms with Crippen LogP contribution in [0.2, 0.25) is 25.1 Å². The van der Waals surface area contributed by atoms with Crippen LogP contribution in [0.3, 0.4) is 0 Å². The summed E-state index contributed by atoms with van der Waals surface area (Å²) in [6.07, 6.45) is 14.6. The second kappa shape index (κ2) is 58.7. The molecular formula is C61H81Cl5LiN10O13S5+. The van der Waals surface area contributed by atoms with Gasteiger partial charge in [-0.25, -0.2) is 21.6 Å². The maximum atomic E-state index is 12.3. The number of rotatable bonds is 23. The van der Waals surface area contributed by atoms with Crippen LogP contribution in [0.15, 0.2) is 161 Å². The molecule has 34 heteroatoms. The van der Waals surface area contributed by atoms with Crippen LogP contribution in [0, 0.1) is 13.2 Å². The number of sulfone groups is 3. The Morgan fingerprint density at radius 2 is 1.01 bits per heavy atom. The van der Waals surface area contributed by atoms with Crippen LogP contribution in [0.1, 0.15) is 125 Å². The summed E-state index contributed by atoms with van der Waals surface area (Å²) >= 11 is 33.9. The molecule has 1 N–H and O–H groups in total. The number of unbranched alkanes of at least 4 members (excludes halogenated alkanes) is 8. The number of halogens is 5. The second-order valence-electron chi connectivity index (χ2n) is 18.6. The summed E-state index contributed by atoms with van der Waals surface area (Å²) in [7, 11) is -11.0. The van der Waals surface area contributed by atoms with Crippen LogP contribution in [0.4, 0.5) is 4.79 Å². The van der Waals surface area contributed by atoms with Gasteiger partial charge in [-0.2, -0.15) is 14.8 Å². The average molecular weight is 1510 g/mol. The predicted molar refractivity (Wildman–Crippen MR) is 379 cm³/mol. The number of aliphatic hydroxyl groups excluding tert-OH is 1. The van der Waals surface area contributed by atoms with E-state index >= 15 is 0 Å². The Morgan fingerprint density at radius 1 is 0.632 bits per heavy atom. The number of aldehydes is 1. The molecule has 0 radical (unpaired) electrons. The van der Waals surface area contributed by atoms with E-state index in [4.69, 9.17) is 79.7 Å². The molecular weight excluding hydrogens is 1430 g/mol. The van der Waals surface area contributed by atoms with Crippen molar-refractivity contribution in [1.29, 1.82) is 0 Å². The van der Waals surface area contributed by atoms with Gasteiger partial charge in [0.1, 0.15) is 17.4 Å². The third kappa shape index (κ3) is 51.4. The molecule has 1 saturated heterocycles. The van der Waals surface area contributed by atoms with Crippen molar-refractivity contribution in [2.75, 3.05) is 24.3 Å². The van der Waals surface area contributed by atoms with E-state index < -0.39 is 71.4 Å².